The third kappa shape index (κ3) is 26.4. The smallest absolute Gasteiger partial charge is 0.237 e. The number of carbonyl (C=O) groups excluding carboxylic acids is 1. The molecule has 1 amide bonds. The monoisotopic (exact) mass is 634 g/mol. The lowest BCUT2D eigenvalue weighted by Crippen LogP contribution is -2.42. The summed E-state index contributed by atoms with van der Waals surface area (Å²) in [5, 5.41) is 3.08. The number of nitrogens with two attached hydrogens (primary N) is 9. The Kier molecular flexibility index (Phi) is 34.1. The first-order valence-electron chi connectivity index (χ1n) is 16.4. The molecule has 19 N–H and O–H groups in total. The van der Waals surface area contributed by atoms with Gasteiger partial charge in [0, 0.05) is 52.4 Å². The lowest BCUT2D eigenvalue weighted by Gasteiger charge is -2.22. The van der Waals surface area contributed by atoms with Crippen LogP contribution in [0.4, 0.5) is 0 Å². The van der Waals surface area contributed by atoms with Crippen molar-refractivity contribution >= 4 is 5.91 Å². The van der Waals surface area contributed by atoms with Crippen LogP contribution in [-0.2, 0) is 4.79 Å². The third-order valence-corrected chi connectivity index (χ3v) is 6.52. The lowest BCUT2D eigenvalue weighted by atomic mass is 9.98. The van der Waals surface area contributed by atoms with E-state index in [4.69, 9.17) is 51.6 Å². The number of rotatable bonds is 20. The Morgan fingerprint density at radius 2 is 0.911 bits per heavy atom. The van der Waals surface area contributed by atoms with E-state index in [1.165, 1.54) is 12.8 Å². The second-order valence-electron chi connectivity index (χ2n) is 10.4. The van der Waals surface area contributed by atoms with Gasteiger partial charge in [0.2, 0.25) is 5.91 Å². The van der Waals surface area contributed by atoms with Gasteiger partial charge >= 0.3 is 0 Å². The molecule has 0 heterocycles. The van der Waals surface area contributed by atoms with Gasteiger partial charge in [0.25, 0.3) is 0 Å². The van der Waals surface area contributed by atoms with Crippen molar-refractivity contribution in [3.05, 3.63) is 71.8 Å². The maximum absolute atomic E-state index is 12.4. The van der Waals surface area contributed by atoms with Crippen molar-refractivity contribution in [3.63, 3.8) is 0 Å². The number of carbonyl (C=O) groups is 1. The van der Waals surface area contributed by atoms with Crippen LogP contribution in [0.5, 0.6) is 0 Å². The molecule has 12 nitrogen and oxygen atoms in total. The molecular formula is C33H67N11O. The number of hydrogen-bond donors (Lipinski definition) is 10. The Bertz CT molecular complexity index is 800. The van der Waals surface area contributed by atoms with E-state index >= 15 is 0 Å². The first kappa shape index (κ1) is 44.6. The van der Waals surface area contributed by atoms with Gasteiger partial charge < -0.3 is 56.9 Å². The second kappa shape index (κ2) is 34.4. The molecule has 0 radical (unpaired) electrons. The summed E-state index contributed by atoms with van der Waals surface area (Å²) in [6, 6.07) is 19.2. The molecule has 12 heteroatoms. The highest BCUT2D eigenvalue weighted by Crippen LogP contribution is 2.22. The number of unbranched alkanes of at least 4 members (excludes halogenated alkanes) is 4. The second-order valence-corrected chi connectivity index (χ2v) is 10.4. The summed E-state index contributed by atoms with van der Waals surface area (Å²) >= 11 is 0. The van der Waals surface area contributed by atoms with Crippen molar-refractivity contribution in [2.24, 2.45) is 51.6 Å². The molecule has 0 spiro atoms. The van der Waals surface area contributed by atoms with Crippen LogP contribution in [0, 0.1) is 0 Å². The van der Waals surface area contributed by atoms with Gasteiger partial charge in [0.05, 0.1) is 12.1 Å². The Morgan fingerprint density at radius 3 is 1.24 bits per heavy atom. The number of benzene rings is 2. The number of amides is 1. The molecule has 0 aliphatic heterocycles. The molecule has 1 unspecified atom stereocenters. The van der Waals surface area contributed by atoms with E-state index in [0.29, 0.717) is 45.7 Å². The summed E-state index contributed by atoms with van der Waals surface area (Å²) in [5.41, 5.74) is 50.0. The van der Waals surface area contributed by atoms with Crippen LogP contribution < -0.4 is 56.9 Å². The third-order valence-electron chi connectivity index (χ3n) is 6.52. The number of nitrogens with zero attached hydrogens (tertiary/aromatic N) is 1. The molecule has 0 bridgehead atoms. The summed E-state index contributed by atoms with van der Waals surface area (Å²) in [4.78, 5) is 14.6. The van der Waals surface area contributed by atoms with Crippen molar-refractivity contribution in [2.75, 3.05) is 72.0 Å². The molecule has 0 fully saturated rings. The van der Waals surface area contributed by atoms with E-state index in [9.17, 15) is 4.79 Å². The minimum Gasteiger partial charge on any atom is -0.344 e. The summed E-state index contributed by atoms with van der Waals surface area (Å²) in [6.07, 6.45) is 7.20. The predicted octanol–water partition coefficient (Wildman–Crippen LogP) is -0.119. The molecule has 0 aliphatic carbocycles. The van der Waals surface area contributed by atoms with Crippen molar-refractivity contribution in [2.45, 2.75) is 57.0 Å². The van der Waals surface area contributed by atoms with E-state index in [1.807, 2.05) is 60.7 Å². The summed E-state index contributed by atoms with van der Waals surface area (Å²) in [5.74, 6) is -0.125. The van der Waals surface area contributed by atoms with Gasteiger partial charge in [-0.15, -0.1) is 0 Å². The molecule has 260 valence electrons. The normalized spacial score (nSPS) is 11.0. The standard InChI is InChI=1S/C19H25N3O.C6H18N4.C6H16N2.C2H8N2/c20-14-8-7-13-17(21)19(23)22-18(15-9-3-1-4-10-15)16-11-5-2-6-12-16;7-1-4-10(5-2-8)6-3-9;7-5-3-1-2-4-6-8;3-1-2-4/h1-6,9-12,17-18H,7-8,13-14,20-21H2,(H,22,23);1-9H2;1-8H2;1-4H2. The first-order chi connectivity index (χ1) is 21.9. The van der Waals surface area contributed by atoms with Gasteiger partial charge in [-0.1, -0.05) is 79.9 Å². The molecule has 0 aliphatic rings. The zero-order chi connectivity index (χ0) is 34.0. The zero-order valence-corrected chi connectivity index (χ0v) is 27.7. The maximum atomic E-state index is 12.4. The summed E-state index contributed by atoms with van der Waals surface area (Å²) in [6.45, 7) is 8.21. The van der Waals surface area contributed by atoms with E-state index in [-0.39, 0.29) is 11.9 Å². The Balaban J connectivity index is 0. The van der Waals surface area contributed by atoms with Gasteiger partial charge in [0.15, 0.2) is 0 Å². The average Bonchev–Trinajstić information content (AvgIpc) is 3.07. The van der Waals surface area contributed by atoms with Crippen LogP contribution in [-0.4, -0.2) is 88.8 Å². The van der Waals surface area contributed by atoms with Crippen LogP contribution in [0.25, 0.3) is 0 Å². The Morgan fingerprint density at radius 1 is 0.533 bits per heavy atom. The Hall–Kier alpha value is -2.49. The molecule has 2 aromatic carbocycles. The Labute approximate surface area is 273 Å². The average molecular weight is 634 g/mol. The van der Waals surface area contributed by atoms with Crippen LogP contribution in [0.3, 0.4) is 0 Å². The van der Waals surface area contributed by atoms with Crippen LogP contribution in [0.1, 0.15) is 62.1 Å². The molecular weight excluding hydrogens is 566 g/mol. The fourth-order valence-electron chi connectivity index (χ4n) is 4.06. The van der Waals surface area contributed by atoms with Crippen LogP contribution in [0.2, 0.25) is 0 Å². The van der Waals surface area contributed by atoms with Crippen LogP contribution >= 0.6 is 0 Å². The maximum Gasteiger partial charge on any atom is 0.237 e. The SMILES string of the molecule is NCCCCC(N)C(=O)NC(c1ccccc1)c1ccccc1.NCCCCCCN.NCCN.NCCN(CCN)CCN. The highest BCUT2D eigenvalue weighted by Gasteiger charge is 2.20. The van der Waals surface area contributed by atoms with Crippen molar-refractivity contribution in [1.29, 1.82) is 0 Å². The molecule has 0 saturated carbocycles. The molecule has 2 rings (SSSR count). The van der Waals surface area contributed by atoms with E-state index in [2.05, 4.69) is 10.2 Å². The summed E-state index contributed by atoms with van der Waals surface area (Å²) in [7, 11) is 0. The lowest BCUT2D eigenvalue weighted by molar-refractivity contribution is -0.123. The minimum atomic E-state index is -0.503. The largest absolute Gasteiger partial charge is 0.344 e. The van der Waals surface area contributed by atoms with Crippen molar-refractivity contribution in [1.82, 2.24) is 10.2 Å². The molecule has 0 saturated heterocycles. The first-order valence-corrected chi connectivity index (χ1v) is 16.4. The zero-order valence-electron chi connectivity index (χ0n) is 27.7. The van der Waals surface area contributed by atoms with Crippen molar-refractivity contribution in [3.8, 4) is 0 Å². The highest BCUT2D eigenvalue weighted by molar-refractivity contribution is 5.82. The molecule has 0 aromatic heterocycles. The molecule has 45 heavy (non-hydrogen) atoms. The van der Waals surface area contributed by atoms with E-state index < -0.39 is 6.04 Å². The van der Waals surface area contributed by atoms with Gasteiger partial charge in [-0.25, -0.2) is 0 Å². The highest BCUT2D eigenvalue weighted by atomic mass is 16.2. The number of hydrogen-bond acceptors (Lipinski definition) is 11. The van der Waals surface area contributed by atoms with Gasteiger partial charge in [-0.3, -0.25) is 9.69 Å². The topological polar surface area (TPSA) is 267 Å². The quantitative estimate of drug-likeness (QED) is 0.0859. The summed E-state index contributed by atoms with van der Waals surface area (Å²) < 4.78 is 0. The van der Waals surface area contributed by atoms with E-state index in [1.54, 1.807) is 0 Å². The predicted molar refractivity (Wildman–Crippen MR) is 192 cm³/mol. The fraction of sp³-hybridized carbons (Fsp3) is 0.606. The molecule has 2 aromatic rings. The van der Waals surface area contributed by atoms with Gasteiger partial charge in [0.1, 0.15) is 0 Å². The van der Waals surface area contributed by atoms with E-state index in [0.717, 1.165) is 69.5 Å². The van der Waals surface area contributed by atoms with Crippen molar-refractivity contribution < 1.29 is 4.79 Å². The van der Waals surface area contributed by atoms with Gasteiger partial charge in [-0.05, 0) is 56.4 Å². The van der Waals surface area contributed by atoms with Gasteiger partial charge in [-0.2, -0.15) is 0 Å². The fourth-order valence-corrected chi connectivity index (χ4v) is 4.06. The molecule has 1 atom stereocenters. The number of nitrogens with one attached hydrogen (secondary N) is 1. The van der Waals surface area contributed by atoms with Crippen LogP contribution in [0.15, 0.2) is 60.7 Å². The minimum absolute atomic E-state index is 0.125.